The molecule has 0 amide bonds. The number of benzene rings is 1. The zero-order valence-electron chi connectivity index (χ0n) is 12.5. The molecule has 0 aliphatic heterocycles. The summed E-state index contributed by atoms with van der Waals surface area (Å²) in [6.07, 6.45) is 1.15. The Kier molecular flexibility index (Phi) is 5.21. The van der Waals surface area contributed by atoms with Crippen LogP contribution in [0.1, 0.15) is 39.7 Å². The van der Waals surface area contributed by atoms with Gasteiger partial charge in [0.15, 0.2) is 0 Å². The first kappa shape index (κ1) is 15.0. The molecule has 0 radical (unpaired) electrons. The van der Waals surface area contributed by atoms with Crippen LogP contribution >= 0.6 is 0 Å². The number of hydrogen-bond acceptors (Lipinski definition) is 2. The fraction of sp³-hybridized carbons (Fsp3) is 0.625. The van der Waals surface area contributed by atoms with Gasteiger partial charge in [-0.2, -0.15) is 0 Å². The van der Waals surface area contributed by atoms with Crippen LogP contribution in [0.4, 0.5) is 5.69 Å². The van der Waals surface area contributed by atoms with Gasteiger partial charge in [-0.1, -0.05) is 39.8 Å². The van der Waals surface area contributed by atoms with Gasteiger partial charge in [0, 0.05) is 19.3 Å². The molecule has 0 heterocycles. The maximum Gasteiger partial charge on any atom is 0.0363 e. The van der Waals surface area contributed by atoms with E-state index in [0.717, 1.165) is 19.5 Å². The predicted octanol–water partition coefficient (Wildman–Crippen LogP) is 3.41. The van der Waals surface area contributed by atoms with Gasteiger partial charge in [0.05, 0.1) is 0 Å². The minimum Gasteiger partial charge on any atom is -0.375 e. The molecule has 0 aromatic heterocycles. The molecule has 18 heavy (non-hydrogen) atoms. The average molecular weight is 248 g/mol. The van der Waals surface area contributed by atoms with Gasteiger partial charge in [-0.05, 0) is 42.0 Å². The van der Waals surface area contributed by atoms with Gasteiger partial charge in [-0.25, -0.2) is 0 Å². The minimum atomic E-state index is 0.227. The lowest BCUT2D eigenvalue weighted by atomic mass is 9.87. The van der Waals surface area contributed by atoms with Crippen LogP contribution in [-0.2, 0) is 5.41 Å². The largest absolute Gasteiger partial charge is 0.375 e. The van der Waals surface area contributed by atoms with Crippen molar-refractivity contribution in [3.05, 3.63) is 29.8 Å². The molecular weight excluding hydrogens is 220 g/mol. The highest BCUT2D eigenvalue weighted by molar-refractivity contribution is 5.47. The van der Waals surface area contributed by atoms with Crippen LogP contribution in [-0.4, -0.2) is 20.1 Å². The number of nitrogens with zero attached hydrogens (tertiary/aromatic N) is 1. The lowest BCUT2D eigenvalue weighted by Crippen LogP contribution is -2.23. The van der Waals surface area contributed by atoms with Crippen LogP contribution in [0.15, 0.2) is 24.3 Å². The molecule has 0 spiro atoms. The van der Waals surface area contributed by atoms with E-state index in [4.69, 9.17) is 5.73 Å². The van der Waals surface area contributed by atoms with Gasteiger partial charge in [-0.15, -0.1) is 0 Å². The van der Waals surface area contributed by atoms with E-state index in [1.807, 2.05) is 0 Å². The third-order valence-corrected chi connectivity index (χ3v) is 3.53. The molecule has 0 saturated heterocycles. The molecule has 0 saturated carbocycles. The second kappa shape index (κ2) is 6.24. The van der Waals surface area contributed by atoms with Gasteiger partial charge in [-0.3, -0.25) is 0 Å². The lowest BCUT2D eigenvalue weighted by molar-refractivity contribution is 0.545. The normalized spacial score (nSPS) is 13.4. The van der Waals surface area contributed by atoms with E-state index in [-0.39, 0.29) is 5.41 Å². The highest BCUT2D eigenvalue weighted by atomic mass is 15.1. The standard InChI is InChI=1S/C16H28N2/c1-13(12-17)10-11-18(5)15-8-6-14(7-9-15)16(2,3)4/h6-9,13H,10-12,17H2,1-5H3. The fourth-order valence-electron chi connectivity index (χ4n) is 1.88. The summed E-state index contributed by atoms with van der Waals surface area (Å²) in [4.78, 5) is 2.30. The molecule has 1 rings (SSSR count). The van der Waals surface area contributed by atoms with E-state index < -0.39 is 0 Å². The van der Waals surface area contributed by atoms with Crippen molar-refractivity contribution in [1.29, 1.82) is 0 Å². The number of nitrogens with two attached hydrogens (primary N) is 1. The molecule has 0 aliphatic carbocycles. The van der Waals surface area contributed by atoms with Crippen LogP contribution in [0, 0.1) is 5.92 Å². The number of hydrogen-bond donors (Lipinski definition) is 1. The highest BCUT2D eigenvalue weighted by Crippen LogP contribution is 2.24. The molecule has 1 unspecified atom stereocenters. The summed E-state index contributed by atoms with van der Waals surface area (Å²) in [5.74, 6) is 0.598. The van der Waals surface area contributed by atoms with Gasteiger partial charge in [0.25, 0.3) is 0 Å². The Morgan fingerprint density at radius 2 is 1.72 bits per heavy atom. The first-order valence-electron chi connectivity index (χ1n) is 6.86. The highest BCUT2D eigenvalue weighted by Gasteiger charge is 2.13. The molecule has 1 aromatic rings. The third-order valence-electron chi connectivity index (χ3n) is 3.53. The number of rotatable bonds is 5. The minimum absolute atomic E-state index is 0.227. The van der Waals surface area contributed by atoms with Gasteiger partial charge in [0.2, 0.25) is 0 Å². The molecule has 2 heteroatoms. The summed E-state index contributed by atoms with van der Waals surface area (Å²) >= 11 is 0. The summed E-state index contributed by atoms with van der Waals surface area (Å²) in [6, 6.07) is 8.90. The summed E-state index contributed by atoms with van der Waals surface area (Å²) in [5, 5.41) is 0. The van der Waals surface area contributed by atoms with E-state index >= 15 is 0 Å². The molecule has 1 aromatic carbocycles. The molecule has 2 nitrogen and oxygen atoms in total. The zero-order chi connectivity index (χ0) is 13.8. The molecule has 0 fully saturated rings. The monoisotopic (exact) mass is 248 g/mol. The van der Waals surface area contributed by atoms with Gasteiger partial charge >= 0.3 is 0 Å². The van der Waals surface area contributed by atoms with Crippen LogP contribution in [0.25, 0.3) is 0 Å². The SMILES string of the molecule is CC(CN)CCN(C)c1ccc(C(C)(C)C)cc1. The van der Waals surface area contributed by atoms with E-state index in [0.29, 0.717) is 5.92 Å². The molecule has 0 bridgehead atoms. The summed E-state index contributed by atoms with van der Waals surface area (Å²) in [7, 11) is 2.15. The smallest absolute Gasteiger partial charge is 0.0363 e. The predicted molar refractivity (Wildman–Crippen MR) is 81.2 cm³/mol. The fourth-order valence-corrected chi connectivity index (χ4v) is 1.88. The Morgan fingerprint density at radius 1 is 1.17 bits per heavy atom. The summed E-state index contributed by atoms with van der Waals surface area (Å²) < 4.78 is 0. The quantitative estimate of drug-likeness (QED) is 0.865. The third kappa shape index (κ3) is 4.34. The van der Waals surface area contributed by atoms with Crippen LogP contribution < -0.4 is 10.6 Å². The van der Waals surface area contributed by atoms with Crippen molar-refractivity contribution >= 4 is 5.69 Å². The van der Waals surface area contributed by atoms with Crippen LogP contribution in [0.5, 0.6) is 0 Å². The van der Waals surface area contributed by atoms with Crippen molar-refractivity contribution in [2.75, 3.05) is 25.0 Å². The molecule has 2 N–H and O–H groups in total. The second-order valence-electron chi connectivity index (χ2n) is 6.35. The van der Waals surface area contributed by atoms with E-state index in [1.165, 1.54) is 11.3 Å². The Morgan fingerprint density at radius 3 is 2.17 bits per heavy atom. The molecule has 102 valence electrons. The molecule has 1 atom stereocenters. The first-order valence-corrected chi connectivity index (χ1v) is 6.86. The van der Waals surface area contributed by atoms with Crippen molar-refractivity contribution in [3.8, 4) is 0 Å². The van der Waals surface area contributed by atoms with Crippen molar-refractivity contribution in [3.63, 3.8) is 0 Å². The topological polar surface area (TPSA) is 29.3 Å². The Bertz CT molecular complexity index is 348. The van der Waals surface area contributed by atoms with Crippen molar-refractivity contribution in [2.45, 2.75) is 39.5 Å². The van der Waals surface area contributed by atoms with Crippen LogP contribution in [0.3, 0.4) is 0 Å². The van der Waals surface area contributed by atoms with Crippen LogP contribution in [0.2, 0.25) is 0 Å². The zero-order valence-corrected chi connectivity index (χ0v) is 12.5. The van der Waals surface area contributed by atoms with Crippen molar-refractivity contribution < 1.29 is 0 Å². The van der Waals surface area contributed by atoms with E-state index in [1.54, 1.807) is 0 Å². The second-order valence-corrected chi connectivity index (χ2v) is 6.35. The Hall–Kier alpha value is -1.02. The van der Waals surface area contributed by atoms with Crippen molar-refractivity contribution in [2.24, 2.45) is 11.7 Å². The van der Waals surface area contributed by atoms with Gasteiger partial charge < -0.3 is 10.6 Å². The summed E-state index contributed by atoms with van der Waals surface area (Å²) in [5.41, 5.74) is 8.54. The Balaban J connectivity index is 2.62. The Labute approximate surface area is 112 Å². The average Bonchev–Trinajstić information content (AvgIpc) is 2.34. The maximum atomic E-state index is 5.65. The maximum absolute atomic E-state index is 5.65. The van der Waals surface area contributed by atoms with E-state index in [2.05, 4.69) is 63.9 Å². The molecule has 0 aliphatic rings. The summed E-state index contributed by atoms with van der Waals surface area (Å²) in [6.45, 7) is 10.8. The molecular formula is C16H28N2. The van der Waals surface area contributed by atoms with Crippen molar-refractivity contribution in [1.82, 2.24) is 0 Å². The number of anilines is 1. The first-order chi connectivity index (χ1) is 8.34. The van der Waals surface area contributed by atoms with Gasteiger partial charge in [0.1, 0.15) is 0 Å². The van der Waals surface area contributed by atoms with E-state index in [9.17, 15) is 0 Å². The lowest BCUT2D eigenvalue weighted by Gasteiger charge is -2.23.